The summed E-state index contributed by atoms with van der Waals surface area (Å²) in [5.74, 6) is 1.43. The number of amides is 2. The molecule has 2 amide bonds. The third-order valence-electron chi connectivity index (χ3n) is 5.37. The van der Waals surface area contributed by atoms with Gasteiger partial charge in [-0.25, -0.2) is 4.98 Å². The maximum absolute atomic E-state index is 13.0. The highest BCUT2D eigenvalue weighted by atomic mass is 16.5. The fourth-order valence-electron chi connectivity index (χ4n) is 3.82. The first kappa shape index (κ1) is 18.7. The van der Waals surface area contributed by atoms with Crippen LogP contribution in [-0.4, -0.2) is 65.5 Å². The molecule has 2 aliphatic heterocycles. The Labute approximate surface area is 163 Å². The van der Waals surface area contributed by atoms with Gasteiger partial charge in [0, 0.05) is 19.6 Å². The van der Waals surface area contributed by atoms with Gasteiger partial charge < -0.3 is 23.4 Å². The van der Waals surface area contributed by atoms with Crippen LogP contribution in [0.4, 0.5) is 0 Å². The number of morpholine rings is 1. The third-order valence-corrected chi connectivity index (χ3v) is 5.37. The van der Waals surface area contributed by atoms with Crippen LogP contribution in [0.5, 0.6) is 0 Å². The molecule has 0 spiro atoms. The topological polar surface area (TPSA) is 89.0 Å². The number of piperidine rings is 1. The van der Waals surface area contributed by atoms with Crippen LogP contribution in [0.1, 0.15) is 30.7 Å². The van der Waals surface area contributed by atoms with Crippen LogP contribution >= 0.6 is 0 Å². The number of furan rings is 1. The molecule has 8 nitrogen and oxygen atoms in total. The Bertz CT molecular complexity index is 823. The second kappa shape index (κ2) is 8.18. The zero-order chi connectivity index (χ0) is 19.5. The summed E-state index contributed by atoms with van der Waals surface area (Å²) >= 11 is 0. The van der Waals surface area contributed by atoms with Crippen molar-refractivity contribution in [3.05, 3.63) is 29.9 Å². The molecular weight excluding hydrogens is 362 g/mol. The van der Waals surface area contributed by atoms with Gasteiger partial charge >= 0.3 is 0 Å². The van der Waals surface area contributed by atoms with Crippen LogP contribution in [0.15, 0.2) is 27.2 Å². The van der Waals surface area contributed by atoms with Gasteiger partial charge in [0.1, 0.15) is 11.8 Å². The van der Waals surface area contributed by atoms with Gasteiger partial charge in [-0.1, -0.05) is 0 Å². The standard InChI is InChI=1S/C20H25N3O5/c1-14-15(21-19(28-14)17-6-4-10-27-17)13-18(24)23-7-3-2-5-16(23)20(25)22-8-11-26-12-9-22/h4,6,10,16H,2-3,5,7-9,11-13H2,1H3. The van der Waals surface area contributed by atoms with Crippen LogP contribution in [0.2, 0.25) is 0 Å². The molecule has 1 atom stereocenters. The van der Waals surface area contributed by atoms with Crippen LogP contribution in [0.3, 0.4) is 0 Å². The molecule has 0 N–H and O–H groups in total. The molecule has 2 aromatic rings. The lowest BCUT2D eigenvalue weighted by molar-refractivity contribution is -0.149. The van der Waals surface area contributed by atoms with Gasteiger partial charge in [-0.3, -0.25) is 9.59 Å². The van der Waals surface area contributed by atoms with E-state index in [9.17, 15) is 9.59 Å². The molecule has 28 heavy (non-hydrogen) atoms. The maximum atomic E-state index is 13.0. The van der Waals surface area contributed by atoms with Gasteiger partial charge in [-0.05, 0) is 38.3 Å². The largest absolute Gasteiger partial charge is 0.459 e. The summed E-state index contributed by atoms with van der Waals surface area (Å²) in [6, 6.07) is 3.13. The van der Waals surface area contributed by atoms with Crippen molar-refractivity contribution in [3.63, 3.8) is 0 Å². The highest BCUT2D eigenvalue weighted by Crippen LogP contribution is 2.24. The summed E-state index contributed by atoms with van der Waals surface area (Å²) in [7, 11) is 0. The van der Waals surface area contributed by atoms with E-state index >= 15 is 0 Å². The lowest BCUT2D eigenvalue weighted by Crippen LogP contribution is -2.55. The smallest absolute Gasteiger partial charge is 0.263 e. The Morgan fingerprint density at radius 1 is 1.21 bits per heavy atom. The molecule has 2 aromatic heterocycles. The number of ether oxygens (including phenoxy) is 1. The highest BCUT2D eigenvalue weighted by molar-refractivity contribution is 5.88. The van der Waals surface area contributed by atoms with Crippen molar-refractivity contribution in [1.82, 2.24) is 14.8 Å². The summed E-state index contributed by atoms with van der Waals surface area (Å²) < 4.78 is 16.3. The van der Waals surface area contributed by atoms with Crippen molar-refractivity contribution in [3.8, 4) is 11.7 Å². The molecule has 8 heteroatoms. The molecule has 2 fully saturated rings. The first-order chi connectivity index (χ1) is 13.6. The van der Waals surface area contributed by atoms with Gasteiger partial charge in [0.05, 0.1) is 31.6 Å². The minimum Gasteiger partial charge on any atom is -0.459 e. The minimum absolute atomic E-state index is 0.0319. The van der Waals surface area contributed by atoms with E-state index in [-0.39, 0.29) is 18.2 Å². The second-order valence-electron chi connectivity index (χ2n) is 7.21. The van der Waals surface area contributed by atoms with Gasteiger partial charge in [0.15, 0.2) is 5.76 Å². The zero-order valence-corrected chi connectivity index (χ0v) is 16.1. The van der Waals surface area contributed by atoms with Crippen LogP contribution < -0.4 is 0 Å². The predicted octanol–water partition coefficient (Wildman–Crippen LogP) is 2.03. The highest BCUT2D eigenvalue weighted by Gasteiger charge is 2.35. The third kappa shape index (κ3) is 3.82. The Morgan fingerprint density at radius 2 is 2.04 bits per heavy atom. The van der Waals surface area contributed by atoms with Gasteiger partial charge in [-0.15, -0.1) is 0 Å². The van der Waals surface area contributed by atoms with E-state index in [1.807, 2.05) is 4.90 Å². The van der Waals surface area contributed by atoms with Crippen molar-refractivity contribution in [2.24, 2.45) is 0 Å². The predicted molar refractivity (Wildman–Crippen MR) is 99.4 cm³/mol. The summed E-state index contributed by atoms with van der Waals surface area (Å²) in [6.45, 7) is 4.68. The average molecular weight is 387 g/mol. The Morgan fingerprint density at radius 3 is 2.79 bits per heavy atom. The number of aryl methyl sites for hydroxylation is 1. The molecule has 2 saturated heterocycles. The Kier molecular flexibility index (Phi) is 5.47. The van der Waals surface area contributed by atoms with Crippen LogP contribution in [0, 0.1) is 6.92 Å². The van der Waals surface area contributed by atoms with Crippen molar-refractivity contribution < 1.29 is 23.2 Å². The quantitative estimate of drug-likeness (QED) is 0.797. The van der Waals surface area contributed by atoms with E-state index in [1.54, 1.807) is 30.2 Å². The van der Waals surface area contributed by atoms with Crippen molar-refractivity contribution >= 4 is 11.8 Å². The minimum atomic E-state index is -0.392. The van der Waals surface area contributed by atoms with Gasteiger partial charge in [-0.2, -0.15) is 0 Å². The fourth-order valence-corrected chi connectivity index (χ4v) is 3.82. The van der Waals surface area contributed by atoms with E-state index in [4.69, 9.17) is 13.6 Å². The summed E-state index contributed by atoms with van der Waals surface area (Å²) in [5.41, 5.74) is 0.583. The number of likely N-dealkylation sites (tertiary alicyclic amines) is 1. The molecule has 4 rings (SSSR count). The number of oxazole rings is 1. The van der Waals surface area contributed by atoms with E-state index < -0.39 is 6.04 Å². The summed E-state index contributed by atoms with van der Waals surface area (Å²) in [6.07, 6.45) is 4.24. The molecule has 150 valence electrons. The summed E-state index contributed by atoms with van der Waals surface area (Å²) in [4.78, 5) is 34.0. The summed E-state index contributed by atoms with van der Waals surface area (Å²) in [5, 5.41) is 0. The molecule has 0 aliphatic carbocycles. The number of rotatable bonds is 4. The van der Waals surface area contributed by atoms with Crippen LogP contribution in [0.25, 0.3) is 11.7 Å². The normalized spacial score (nSPS) is 20.4. The van der Waals surface area contributed by atoms with E-state index in [1.165, 1.54) is 0 Å². The first-order valence-electron chi connectivity index (χ1n) is 9.79. The fraction of sp³-hybridized carbons (Fsp3) is 0.550. The number of aromatic nitrogens is 1. The maximum Gasteiger partial charge on any atom is 0.263 e. The Hall–Kier alpha value is -2.61. The Balaban J connectivity index is 1.47. The molecule has 1 unspecified atom stereocenters. The number of hydrogen-bond acceptors (Lipinski definition) is 6. The van der Waals surface area contributed by atoms with E-state index in [2.05, 4.69) is 4.98 Å². The number of carbonyl (C=O) groups excluding carboxylic acids is 2. The number of hydrogen-bond donors (Lipinski definition) is 0. The van der Waals surface area contributed by atoms with Gasteiger partial charge in [0.2, 0.25) is 11.8 Å². The van der Waals surface area contributed by atoms with Crippen molar-refractivity contribution in [2.75, 3.05) is 32.8 Å². The van der Waals surface area contributed by atoms with Crippen molar-refractivity contribution in [1.29, 1.82) is 0 Å². The second-order valence-corrected chi connectivity index (χ2v) is 7.21. The number of carbonyl (C=O) groups is 2. The van der Waals surface area contributed by atoms with E-state index in [0.717, 1.165) is 12.8 Å². The van der Waals surface area contributed by atoms with Crippen LogP contribution in [-0.2, 0) is 20.7 Å². The molecule has 2 aliphatic rings. The molecule has 4 heterocycles. The first-order valence-corrected chi connectivity index (χ1v) is 9.79. The molecule has 0 aromatic carbocycles. The van der Waals surface area contributed by atoms with E-state index in [0.29, 0.717) is 62.4 Å². The monoisotopic (exact) mass is 387 g/mol. The SMILES string of the molecule is Cc1oc(-c2ccco2)nc1CC(=O)N1CCCCC1C(=O)N1CCOCC1. The van der Waals surface area contributed by atoms with Gasteiger partial charge in [0.25, 0.3) is 5.89 Å². The lowest BCUT2D eigenvalue weighted by Gasteiger charge is -2.38. The number of nitrogens with zero attached hydrogens (tertiary/aromatic N) is 3. The zero-order valence-electron chi connectivity index (χ0n) is 16.1. The molecular formula is C20H25N3O5. The molecule has 0 radical (unpaired) electrons. The molecule has 0 saturated carbocycles. The lowest BCUT2D eigenvalue weighted by atomic mass is 9.99. The average Bonchev–Trinajstić information content (AvgIpc) is 3.38. The van der Waals surface area contributed by atoms with Crippen molar-refractivity contribution in [2.45, 2.75) is 38.6 Å². The molecule has 0 bridgehead atoms.